The lowest BCUT2D eigenvalue weighted by molar-refractivity contribution is -0.128. The van der Waals surface area contributed by atoms with Crippen LogP contribution in [-0.2, 0) is 25.9 Å². The molecule has 1 fully saturated rings. The summed E-state index contributed by atoms with van der Waals surface area (Å²) >= 11 is 1.18. The van der Waals surface area contributed by atoms with E-state index in [2.05, 4.69) is 4.98 Å². The molecule has 0 spiro atoms. The summed E-state index contributed by atoms with van der Waals surface area (Å²) in [4.78, 5) is 31.4. The maximum absolute atomic E-state index is 12.8. The number of para-hydroxylation sites is 1. The van der Waals surface area contributed by atoms with Crippen LogP contribution in [0.2, 0.25) is 0 Å². The highest BCUT2D eigenvalue weighted by atomic mass is 32.2. The second kappa shape index (κ2) is 8.62. The molecule has 152 valence electrons. The molecular weight excluding hydrogens is 402 g/mol. The van der Waals surface area contributed by atoms with Crippen molar-refractivity contribution in [3.63, 3.8) is 0 Å². The number of methoxy groups -OCH3 is 1. The lowest BCUT2D eigenvalue weighted by Gasteiger charge is -2.23. The van der Waals surface area contributed by atoms with Crippen LogP contribution in [0, 0.1) is 0 Å². The molecule has 0 aliphatic carbocycles. The molecule has 8 nitrogen and oxygen atoms in total. The van der Waals surface area contributed by atoms with Gasteiger partial charge in [0, 0.05) is 20.2 Å². The molecule has 1 aliphatic heterocycles. The van der Waals surface area contributed by atoms with E-state index >= 15 is 0 Å². The highest BCUT2D eigenvalue weighted by Crippen LogP contribution is 2.21. The smallest absolute Gasteiger partial charge is 0.262 e. The molecule has 3 rings (SSSR count). The minimum absolute atomic E-state index is 0.00663. The maximum Gasteiger partial charge on any atom is 0.262 e. The van der Waals surface area contributed by atoms with E-state index in [0.717, 1.165) is 0 Å². The molecule has 1 amide bonds. The van der Waals surface area contributed by atoms with E-state index in [1.807, 2.05) is 6.07 Å². The number of ether oxygens (including phenoxy) is 1. The van der Waals surface area contributed by atoms with Gasteiger partial charge in [-0.05, 0) is 18.6 Å². The summed E-state index contributed by atoms with van der Waals surface area (Å²) in [6.07, 6.45) is 0.460. The van der Waals surface area contributed by atoms with Crippen LogP contribution in [0.5, 0.6) is 0 Å². The van der Waals surface area contributed by atoms with Crippen LogP contribution >= 0.6 is 11.8 Å². The molecule has 1 aromatic heterocycles. The van der Waals surface area contributed by atoms with E-state index in [4.69, 9.17) is 4.74 Å². The van der Waals surface area contributed by atoms with Crippen LogP contribution in [0.15, 0.2) is 34.2 Å². The number of fused-ring (bicyclic) bond motifs is 1. The minimum Gasteiger partial charge on any atom is -0.383 e. The highest BCUT2D eigenvalue weighted by Gasteiger charge is 2.32. The summed E-state index contributed by atoms with van der Waals surface area (Å²) in [5.41, 5.74) is 0.402. The molecule has 10 heteroatoms. The summed E-state index contributed by atoms with van der Waals surface area (Å²) in [7, 11) is 0.121. The SMILES string of the molecule is COCCn1c(SCC(=O)N(C)C2CCS(=O)(=O)C2)nc2ccccc2c1=O. The first-order chi connectivity index (χ1) is 13.3. The molecule has 0 radical (unpaired) electrons. The number of nitrogens with zero attached hydrogens (tertiary/aromatic N) is 3. The van der Waals surface area contributed by atoms with Crippen molar-refractivity contribution in [1.82, 2.24) is 14.5 Å². The number of carbonyl (C=O) groups is 1. The topological polar surface area (TPSA) is 98.6 Å². The third-order valence-electron chi connectivity index (χ3n) is 4.82. The van der Waals surface area contributed by atoms with Gasteiger partial charge in [0.05, 0.1) is 41.3 Å². The Bertz CT molecular complexity index is 1040. The standard InChI is InChI=1S/C18H23N3O5S2/c1-20(13-7-10-28(24,25)12-13)16(22)11-27-18-19-15-6-4-3-5-14(15)17(23)21(18)8-9-26-2/h3-6,13H,7-12H2,1-2H3. The first kappa shape index (κ1) is 20.8. The van der Waals surface area contributed by atoms with Crippen LogP contribution < -0.4 is 5.56 Å². The normalized spacial score (nSPS) is 18.4. The quantitative estimate of drug-likeness (QED) is 0.477. The van der Waals surface area contributed by atoms with E-state index in [1.54, 1.807) is 32.4 Å². The average molecular weight is 426 g/mol. The summed E-state index contributed by atoms with van der Waals surface area (Å²) in [5, 5.41) is 0.962. The molecule has 1 aromatic carbocycles. The zero-order valence-corrected chi connectivity index (χ0v) is 17.5. The Kier molecular flexibility index (Phi) is 6.41. The fraction of sp³-hybridized carbons (Fsp3) is 0.500. The Balaban J connectivity index is 1.79. The summed E-state index contributed by atoms with van der Waals surface area (Å²) in [6.45, 7) is 0.682. The molecule has 0 N–H and O–H groups in total. The van der Waals surface area contributed by atoms with Crippen molar-refractivity contribution < 1.29 is 17.9 Å². The number of rotatable bonds is 7. The van der Waals surface area contributed by atoms with E-state index in [0.29, 0.717) is 35.6 Å². The van der Waals surface area contributed by atoms with Gasteiger partial charge in [-0.3, -0.25) is 14.2 Å². The number of hydrogen-bond acceptors (Lipinski definition) is 7. The average Bonchev–Trinajstić information content (AvgIpc) is 3.04. The van der Waals surface area contributed by atoms with Crippen molar-refractivity contribution in [3.8, 4) is 0 Å². The van der Waals surface area contributed by atoms with Gasteiger partial charge in [-0.1, -0.05) is 23.9 Å². The zero-order chi connectivity index (χ0) is 20.3. The monoisotopic (exact) mass is 425 g/mol. The van der Waals surface area contributed by atoms with Gasteiger partial charge in [0.1, 0.15) is 0 Å². The van der Waals surface area contributed by atoms with Crippen molar-refractivity contribution >= 4 is 38.4 Å². The van der Waals surface area contributed by atoms with E-state index in [1.165, 1.54) is 21.2 Å². The second-order valence-corrected chi connectivity index (χ2v) is 9.88. The van der Waals surface area contributed by atoms with Crippen molar-refractivity contribution in [2.24, 2.45) is 0 Å². The van der Waals surface area contributed by atoms with Crippen molar-refractivity contribution in [1.29, 1.82) is 0 Å². The van der Waals surface area contributed by atoms with Crippen LogP contribution in [-0.4, -0.2) is 72.8 Å². The zero-order valence-electron chi connectivity index (χ0n) is 15.8. The Morgan fingerprint density at radius 1 is 1.39 bits per heavy atom. The molecular formula is C18H23N3O5S2. The second-order valence-electron chi connectivity index (χ2n) is 6.71. The maximum atomic E-state index is 12.8. The third kappa shape index (κ3) is 4.56. The largest absolute Gasteiger partial charge is 0.383 e. The van der Waals surface area contributed by atoms with Gasteiger partial charge in [-0.2, -0.15) is 0 Å². The van der Waals surface area contributed by atoms with Crippen LogP contribution in [0.3, 0.4) is 0 Å². The van der Waals surface area contributed by atoms with Crippen molar-refractivity contribution in [2.45, 2.75) is 24.2 Å². The Labute approximate surface area is 167 Å². The molecule has 1 atom stereocenters. The number of hydrogen-bond donors (Lipinski definition) is 0. The van der Waals surface area contributed by atoms with Gasteiger partial charge in [0.2, 0.25) is 5.91 Å². The predicted molar refractivity (Wildman–Crippen MR) is 108 cm³/mol. The molecule has 1 unspecified atom stereocenters. The fourth-order valence-electron chi connectivity index (χ4n) is 3.15. The van der Waals surface area contributed by atoms with Gasteiger partial charge < -0.3 is 9.64 Å². The summed E-state index contributed by atoms with van der Waals surface area (Å²) in [5.74, 6) is 0.00991. The number of thioether (sulfide) groups is 1. The molecule has 2 heterocycles. The minimum atomic E-state index is -3.06. The molecule has 2 aromatic rings. The van der Waals surface area contributed by atoms with Crippen molar-refractivity contribution in [2.75, 3.05) is 38.0 Å². The summed E-state index contributed by atoms with van der Waals surface area (Å²) < 4.78 is 29.9. The first-order valence-electron chi connectivity index (χ1n) is 8.90. The van der Waals surface area contributed by atoms with E-state index in [-0.39, 0.29) is 34.8 Å². The Morgan fingerprint density at radius 2 is 2.14 bits per heavy atom. The van der Waals surface area contributed by atoms with Crippen LogP contribution in [0.25, 0.3) is 10.9 Å². The molecule has 1 aliphatic rings. The fourth-order valence-corrected chi connectivity index (χ4v) is 5.87. The van der Waals surface area contributed by atoms with Gasteiger partial charge in [-0.15, -0.1) is 0 Å². The lowest BCUT2D eigenvalue weighted by atomic mass is 10.2. The summed E-state index contributed by atoms with van der Waals surface area (Å²) in [6, 6.07) is 6.79. The van der Waals surface area contributed by atoms with Crippen LogP contribution in [0.1, 0.15) is 6.42 Å². The number of benzene rings is 1. The van der Waals surface area contributed by atoms with Gasteiger partial charge in [-0.25, -0.2) is 13.4 Å². The molecule has 28 heavy (non-hydrogen) atoms. The lowest BCUT2D eigenvalue weighted by Crippen LogP contribution is -2.39. The van der Waals surface area contributed by atoms with E-state index < -0.39 is 9.84 Å². The number of carbonyl (C=O) groups excluding carboxylic acids is 1. The highest BCUT2D eigenvalue weighted by molar-refractivity contribution is 7.99. The number of sulfone groups is 1. The van der Waals surface area contributed by atoms with Gasteiger partial charge >= 0.3 is 0 Å². The van der Waals surface area contributed by atoms with Crippen LogP contribution in [0.4, 0.5) is 0 Å². The first-order valence-corrected chi connectivity index (χ1v) is 11.7. The predicted octanol–water partition coefficient (Wildman–Crippen LogP) is 0.781. The van der Waals surface area contributed by atoms with Gasteiger partial charge in [0.15, 0.2) is 15.0 Å². The molecule has 1 saturated heterocycles. The van der Waals surface area contributed by atoms with Crippen molar-refractivity contribution in [3.05, 3.63) is 34.6 Å². The third-order valence-corrected chi connectivity index (χ3v) is 7.53. The Morgan fingerprint density at radius 3 is 2.82 bits per heavy atom. The van der Waals surface area contributed by atoms with E-state index in [9.17, 15) is 18.0 Å². The molecule has 0 saturated carbocycles. The Hall–Kier alpha value is -1.91. The molecule has 0 bridgehead atoms. The number of amides is 1. The van der Waals surface area contributed by atoms with Gasteiger partial charge in [0.25, 0.3) is 5.56 Å². The number of aromatic nitrogens is 2.